The molecular formula is C22H22ClFN2O7S. The van der Waals surface area contributed by atoms with E-state index in [1.165, 1.54) is 50.2 Å². The van der Waals surface area contributed by atoms with Crippen molar-refractivity contribution in [1.82, 2.24) is 9.37 Å². The first-order valence-electron chi connectivity index (χ1n) is 10.0. The summed E-state index contributed by atoms with van der Waals surface area (Å²) in [4.78, 5) is 25.1. The lowest BCUT2D eigenvalue weighted by atomic mass is 9.99. The number of fused-ring (bicyclic) bond motifs is 1. The van der Waals surface area contributed by atoms with Gasteiger partial charge in [0.25, 0.3) is 10.0 Å². The molecule has 0 aliphatic rings. The topological polar surface area (TPSA) is 117 Å². The van der Waals surface area contributed by atoms with Gasteiger partial charge in [0.05, 0.1) is 5.02 Å². The first-order chi connectivity index (χ1) is 15.9. The molecule has 0 fully saturated rings. The highest BCUT2D eigenvalue weighted by molar-refractivity contribution is 7.89. The predicted molar refractivity (Wildman–Crippen MR) is 123 cm³/mol. The average Bonchev–Trinajstić information content (AvgIpc) is 2.78. The predicted octanol–water partition coefficient (Wildman–Crippen LogP) is 3.94. The Bertz CT molecular complexity index is 1440. The fourth-order valence-electron chi connectivity index (χ4n) is 3.22. The van der Waals surface area contributed by atoms with Crippen molar-refractivity contribution in [2.24, 2.45) is 0 Å². The van der Waals surface area contributed by atoms with Gasteiger partial charge in [-0.25, -0.2) is 22.4 Å². The van der Waals surface area contributed by atoms with E-state index in [1.807, 2.05) is 0 Å². The molecule has 0 bridgehead atoms. The molecule has 2 aromatic carbocycles. The third-order valence-electron chi connectivity index (χ3n) is 5.14. The minimum absolute atomic E-state index is 0.00315. The van der Waals surface area contributed by atoms with E-state index in [1.54, 1.807) is 6.92 Å². The average molecular weight is 513 g/mol. The maximum absolute atomic E-state index is 15.1. The van der Waals surface area contributed by atoms with Crippen LogP contribution in [0.2, 0.25) is 5.02 Å². The molecule has 1 amide bonds. The van der Waals surface area contributed by atoms with E-state index >= 15 is 4.39 Å². The van der Waals surface area contributed by atoms with E-state index in [2.05, 4.69) is 0 Å². The van der Waals surface area contributed by atoms with Crippen molar-refractivity contribution in [3.8, 4) is 5.75 Å². The molecule has 9 nitrogen and oxygen atoms in total. The number of hydrogen-bond donors (Lipinski definition) is 1. The van der Waals surface area contributed by atoms with Gasteiger partial charge in [0.2, 0.25) is 0 Å². The summed E-state index contributed by atoms with van der Waals surface area (Å²) in [5, 5.41) is 10.2. The van der Waals surface area contributed by atoms with Crippen LogP contribution in [0.4, 0.5) is 9.18 Å². The summed E-state index contributed by atoms with van der Waals surface area (Å²) < 4.78 is 50.5. The summed E-state index contributed by atoms with van der Waals surface area (Å²) in [5.41, 5.74) is -0.229. The van der Waals surface area contributed by atoms with Gasteiger partial charge >= 0.3 is 11.7 Å². The highest BCUT2D eigenvalue weighted by Crippen LogP contribution is 2.33. The Morgan fingerprint density at radius 1 is 1.26 bits per heavy atom. The molecule has 12 heteroatoms. The first kappa shape index (κ1) is 25.6. The second-order valence-electron chi connectivity index (χ2n) is 7.58. The molecule has 1 heterocycles. The summed E-state index contributed by atoms with van der Waals surface area (Å²) in [5.74, 6) is -1.09. The van der Waals surface area contributed by atoms with E-state index in [4.69, 9.17) is 20.8 Å². The van der Waals surface area contributed by atoms with Crippen molar-refractivity contribution in [3.05, 3.63) is 68.3 Å². The number of hydrogen-bond acceptors (Lipinski definition) is 7. The third-order valence-corrected chi connectivity index (χ3v) is 7.12. The van der Waals surface area contributed by atoms with Crippen molar-refractivity contribution < 1.29 is 32.0 Å². The number of rotatable bonds is 6. The van der Waals surface area contributed by atoms with Gasteiger partial charge in [-0.1, -0.05) is 28.2 Å². The number of carbonyl (C=O) groups is 1. The minimum Gasteiger partial charge on any atom is -0.422 e. The first-order valence-corrected chi connectivity index (χ1v) is 11.8. The van der Waals surface area contributed by atoms with Gasteiger partial charge in [-0.15, -0.1) is 0 Å². The molecule has 0 saturated carbocycles. The summed E-state index contributed by atoms with van der Waals surface area (Å²) in [6, 6.07) is 6.45. The Labute approximate surface area is 199 Å². The normalized spacial score (nSPS) is 11.8. The van der Waals surface area contributed by atoms with Crippen molar-refractivity contribution in [3.63, 3.8) is 0 Å². The van der Waals surface area contributed by atoms with Crippen LogP contribution in [-0.2, 0) is 16.4 Å². The molecule has 0 radical (unpaired) electrons. The lowest BCUT2D eigenvalue weighted by molar-refractivity contribution is 0.00832. The molecule has 0 atom stereocenters. The van der Waals surface area contributed by atoms with Crippen molar-refractivity contribution in [2.75, 3.05) is 20.6 Å². The number of halogens is 2. The molecule has 3 aromatic rings. The van der Waals surface area contributed by atoms with Gasteiger partial charge in [-0.3, -0.25) is 5.21 Å². The highest BCUT2D eigenvalue weighted by atomic mass is 35.5. The number of nitrogens with zero attached hydrogens (tertiary/aromatic N) is 2. The molecule has 1 N–H and O–H groups in total. The molecule has 0 saturated heterocycles. The monoisotopic (exact) mass is 512 g/mol. The molecule has 34 heavy (non-hydrogen) atoms. The van der Waals surface area contributed by atoms with Crippen LogP contribution in [0.25, 0.3) is 11.0 Å². The van der Waals surface area contributed by atoms with Crippen LogP contribution in [-0.4, -0.2) is 49.7 Å². The standard InChI is InChI=1S/C22H22ClFN2O7S/c1-5-26(29)34(30,31)19-8-6-7-13(20(19)24)9-15-12(2)14-10-16(23)18(33-22(28)25(3)4)11-17(14)32-21(15)27/h6-8,10-11,29H,5,9H2,1-4H3. The summed E-state index contributed by atoms with van der Waals surface area (Å²) in [6.07, 6.45) is -0.946. The van der Waals surface area contributed by atoms with E-state index in [-0.39, 0.29) is 44.9 Å². The Kier molecular flexibility index (Phi) is 7.32. The van der Waals surface area contributed by atoms with Crippen LogP contribution in [0, 0.1) is 12.7 Å². The molecule has 1 aromatic heterocycles. The van der Waals surface area contributed by atoms with Gasteiger partial charge in [0.15, 0.2) is 5.75 Å². The van der Waals surface area contributed by atoms with Crippen LogP contribution in [0.3, 0.4) is 0 Å². The van der Waals surface area contributed by atoms with Gasteiger partial charge < -0.3 is 14.1 Å². The number of aryl methyl sites for hydroxylation is 1. The molecule has 182 valence electrons. The fraction of sp³-hybridized carbons (Fsp3) is 0.273. The Balaban J connectivity index is 2.08. The summed E-state index contributed by atoms with van der Waals surface area (Å²) in [7, 11) is -1.48. The van der Waals surface area contributed by atoms with E-state index < -0.39 is 32.5 Å². The van der Waals surface area contributed by atoms with Gasteiger partial charge in [-0.2, -0.15) is 0 Å². The summed E-state index contributed by atoms with van der Waals surface area (Å²) >= 11 is 6.25. The fourth-order valence-corrected chi connectivity index (χ4v) is 4.60. The van der Waals surface area contributed by atoms with Gasteiger partial charge in [-0.05, 0) is 37.1 Å². The smallest absolute Gasteiger partial charge is 0.414 e. The van der Waals surface area contributed by atoms with Crippen LogP contribution in [0.15, 0.2) is 44.4 Å². The number of carbonyl (C=O) groups excluding carboxylic acids is 1. The maximum Gasteiger partial charge on any atom is 0.414 e. The highest BCUT2D eigenvalue weighted by Gasteiger charge is 2.27. The number of ether oxygens (including phenoxy) is 1. The Hall–Kier alpha value is -2.99. The zero-order valence-electron chi connectivity index (χ0n) is 18.8. The number of sulfonamides is 1. The second kappa shape index (κ2) is 9.71. The van der Waals surface area contributed by atoms with Crippen molar-refractivity contribution in [1.29, 1.82) is 0 Å². The van der Waals surface area contributed by atoms with E-state index in [0.29, 0.717) is 10.9 Å². The zero-order valence-corrected chi connectivity index (χ0v) is 20.3. The molecule has 0 aliphatic heterocycles. The molecule has 0 aliphatic carbocycles. The van der Waals surface area contributed by atoms with Gasteiger partial charge in [0, 0.05) is 44.1 Å². The van der Waals surface area contributed by atoms with Crippen LogP contribution >= 0.6 is 11.6 Å². The largest absolute Gasteiger partial charge is 0.422 e. The van der Waals surface area contributed by atoms with Crippen molar-refractivity contribution >= 4 is 38.7 Å². The third kappa shape index (κ3) is 4.78. The molecule has 3 rings (SSSR count). The maximum atomic E-state index is 15.1. The summed E-state index contributed by atoms with van der Waals surface area (Å²) in [6.45, 7) is 2.73. The van der Waals surface area contributed by atoms with Crippen LogP contribution < -0.4 is 10.4 Å². The lowest BCUT2D eigenvalue weighted by Gasteiger charge is -2.15. The van der Waals surface area contributed by atoms with Gasteiger partial charge in [0.1, 0.15) is 16.3 Å². The second-order valence-corrected chi connectivity index (χ2v) is 9.80. The Morgan fingerprint density at radius 2 is 1.94 bits per heavy atom. The number of amides is 1. The molecule has 0 unspecified atom stereocenters. The van der Waals surface area contributed by atoms with Crippen molar-refractivity contribution in [2.45, 2.75) is 25.2 Å². The molecular weight excluding hydrogens is 491 g/mol. The van der Waals surface area contributed by atoms with Crippen LogP contribution in [0.5, 0.6) is 5.75 Å². The SMILES string of the molecule is CCN(O)S(=O)(=O)c1cccc(Cc2c(C)c3cc(Cl)c(OC(=O)N(C)C)cc3oc2=O)c1F. The molecule has 0 spiro atoms. The minimum atomic E-state index is -4.47. The van der Waals surface area contributed by atoms with E-state index in [9.17, 15) is 23.2 Å². The van der Waals surface area contributed by atoms with Crippen LogP contribution in [0.1, 0.15) is 23.6 Å². The lowest BCUT2D eigenvalue weighted by Crippen LogP contribution is -2.28. The van der Waals surface area contributed by atoms with E-state index in [0.717, 1.165) is 6.07 Å². The number of benzene rings is 2. The Morgan fingerprint density at radius 3 is 2.56 bits per heavy atom. The zero-order chi connectivity index (χ0) is 25.4. The number of hydroxylamine groups is 1. The quantitative estimate of drug-likeness (QED) is 0.392.